The molecule has 0 bridgehead atoms. The maximum Gasteiger partial charge on any atom is 0.329 e. The maximum absolute atomic E-state index is 11.8. The third kappa shape index (κ3) is 4.82. The van der Waals surface area contributed by atoms with Crippen molar-refractivity contribution in [2.75, 3.05) is 12.4 Å². The Hall–Kier alpha value is -2.86. The Balaban J connectivity index is 1.92. The van der Waals surface area contributed by atoms with Crippen LogP contribution >= 0.6 is 11.6 Å². The highest BCUT2D eigenvalue weighted by molar-refractivity contribution is 6.39. The maximum atomic E-state index is 11.8. The Labute approximate surface area is 144 Å². The number of aryl methyl sites for hydroxylation is 1. The molecule has 2 rings (SSSR count). The lowest BCUT2D eigenvalue weighted by atomic mass is 10.2. The Morgan fingerprint density at radius 1 is 1.17 bits per heavy atom. The van der Waals surface area contributed by atoms with Crippen LogP contribution in [-0.4, -0.2) is 25.1 Å². The first-order valence-electron chi connectivity index (χ1n) is 7.04. The number of ether oxygens (including phenoxy) is 1. The number of hydrazone groups is 1. The molecule has 0 saturated carbocycles. The van der Waals surface area contributed by atoms with Gasteiger partial charge in [0.05, 0.1) is 13.3 Å². The van der Waals surface area contributed by atoms with Gasteiger partial charge in [0.2, 0.25) is 0 Å². The molecule has 0 aliphatic rings. The van der Waals surface area contributed by atoms with Crippen molar-refractivity contribution < 1.29 is 14.3 Å². The van der Waals surface area contributed by atoms with E-state index in [1.807, 2.05) is 6.92 Å². The van der Waals surface area contributed by atoms with Gasteiger partial charge < -0.3 is 10.1 Å². The average molecular weight is 346 g/mol. The number of rotatable bonds is 4. The van der Waals surface area contributed by atoms with Gasteiger partial charge in [-0.25, -0.2) is 5.43 Å². The second kappa shape index (κ2) is 8.12. The highest BCUT2D eigenvalue weighted by Gasteiger charge is 2.13. The van der Waals surface area contributed by atoms with Crippen molar-refractivity contribution >= 4 is 35.3 Å². The van der Waals surface area contributed by atoms with E-state index >= 15 is 0 Å². The molecule has 124 valence electrons. The van der Waals surface area contributed by atoms with E-state index in [1.165, 1.54) is 6.21 Å². The summed E-state index contributed by atoms with van der Waals surface area (Å²) in [7, 11) is 1.56. The van der Waals surface area contributed by atoms with Gasteiger partial charge in [0.1, 0.15) is 5.75 Å². The van der Waals surface area contributed by atoms with E-state index in [4.69, 9.17) is 16.3 Å². The first kappa shape index (κ1) is 17.5. The predicted molar refractivity (Wildman–Crippen MR) is 93.5 cm³/mol. The molecule has 0 heterocycles. The van der Waals surface area contributed by atoms with Crippen LogP contribution in [0.3, 0.4) is 0 Å². The van der Waals surface area contributed by atoms with Crippen LogP contribution in [0.5, 0.6) is 5.75 Å². The van der Waals surface area contributed by atoms with Crippen LogP contribution in [0.25, 0.3) is 0 Å². The second-order valence-electron chi connectivity index (χ2n) is 4.89. The van der Waals surface area contributed by atoms with Crippen molar-refractivity contribution in [1.82, 2.24) is 5.43 Å². The van der Waals surface area contributed by atoms with Crippen molar-refractivity contribution in [2.24, 2.45) is 5.10 Å². The fraction of sp³-hybridized carbons (Fsp3) is 0.118. The van der Waals surface area contributed by atoms with E-state index in [9.17, 15) is 9.59 Å². The number of carbonyl (C=O) groups is 2. The molecule has 6 nitrogen and oxygen atoms in total. The summed E-state index contributed by atoms with van der Waals surface area (Å²) < 4.78 is 5.08. The topological polar surface area (TPSA) is 79.8 Å². The van der Waals surface area contributed by atoms with Crippen LogP contribution in [0.4, 0.5) is 5.69 Å². The third-order valence-corrected chi connectivity index (χ3v) is 3.52. The molecule has 0 aliphatic heterocycles. The van der Waals surface area contributed by atoms with E-state index in [0.29, 0.717) is 16.5 Å². The van der Waals surface area contributed by atoms with E-state index in [0.717, 1.165) is 11.1 Å². The molecule has 2 N–H and O–H groups in total. The standard InChI is InChI=1S/C17H16ClN3O3/c1-11-6-7-13(9-15(11)18)20-16(22)17(23)21-19-10-12-4-3-5-14(8-12)24-2/h3-10H,1-2H3,(H,20,22)(H,21,23)/b19-10+. The quantitative estimate of drug-likeness (QED) is 0.508. The van der Waals surface area contributed by atoms with Gasteiger partial charge in [-0.2, -0.15) is 5.10 Å². The second-order valence-corrected chi connectivity index (χ2v) is 5.30. The smallest absolute Gasteiger partial charge is 0.329 e. The minimum absolute atomic E-state index is 0.433. The molecular weight excluding hydrogens is 330 g/mol. The highest BCUT2D eigenvalue weighted by Crippen LogP contribution is 2.19. The Morgan fingerprint density at radius 2 is 1.96 bits per heavy atom. The summed E-state index contributed by atoms with van der Waals surface area (Å²) in [5.41, 5.74) is 4.19. The van der Waals surface area contributed by atoms with Gasteiger partial charge in [-0.1, -0.05) is 29.8 Å². The van der Waals surface area contributed by atoms with Crippen molar-refractivity contribution in [3.63, 3.8) is 0 Å². The fourth-order valence-electron chi connectivity index (χ4n) is 1.80. The third-order valence-electron chi connectivity index (χ3n) is 3.11. The minimum atomic E-state index is -0.883. The van der Waals surface area contributed by atoms with Gasteiger partial charge in [-0.15, -0.1) is 0 Å². The van der Waals surface area contributed by atoms with Gasteiger partial charge in [0.15, 0.2) is 0 Å². The molecule has 0 aromatic heterocycles. The van der Waals surface area contributed by atoms with Gasteiger partial charge in [-0.05, 0) is 42.3 Å². The summed E-state index contributed by atoms with van der Waals surface area (Å²) in [6.45, 7) is 1.84. The number of nitrogens with zero attached hydrogens (tertiary/aromatic N) is 1. The van der Waals surface area contributed by atoms with Gasteiger partial charge in [0.25, 0.3) is 0 Å². The van der Waals surface area contributed by atoms with Gasteiger partial charge >= 0.3 is 11.8 Å². The number of amides is 2. The summed E-state index contributed by atoms with van der Waals surface area (Å²) in [5.74, 6) is -1.05. The molecule has 0 atom stereocenters. The lowest BCUT2D eigenvalue weighted by Gasteiger charge is -2.05. The number of halogens is 1. The minimum Gasteiger partial charge on any atom is -0.497 e. The largest absolute Gasteiger partial charge is 0.497 e. The van der Waals surface area contributed by atoms with Crippen molar-refractivity contribution in [3.8, 4) is 5.75 Å². The lowest BCUT2D eigenvalue weighted by molar-refractivity contribution is -0.136. The SMILES string of the molecule is COc1cccc(/C=N/NC(=O)C(=O)Nc2ccc(C)c(Cl)c2)c1. The lowest BCUT2D eigenvalue weighted by Crippen LogP contribution is -2.32. The van der Waals surface area contributed by atoms with Crippen LogP contribution in [0.15, 0.2) is 47.6 Å². The van der Waals surface area contributed by atoms with Gasteiger partial charge in [0, 0.05) is 10.7 Å². The molecular formula is C17H16ClN3O3. The zero-order valence-corrected chi connectivity index (χ0v) is 13.9. The average Bonchev–Trinajstić information content (AvgIpc) is 2.58. The molecule has 2 aromatic carbocycles. The van der Waals surface area contributed by atoms with E-state index < -0.39 is 11.8 Å². The fourth-order valence-corrected chi connectivity index (χ4v) is 1.98. The van der Waals surface area contributed by atoms with Crippen LogP contribution < -0.4 is 15.5 Å². The molecule has 0 aliphatic carbocycles. The van der Waals surface area contributed by atoms with E-state index in [1.54, 1.807) is 49.6 Å². The van der Waals surface area contributed by atoms with E-state index in [2.05, 4.69) is 15.8 Å². The van der Waals surface area contributed by atoms with Crippen LogP contribution in [0.1, 0.15) is 11.1 Å². The summed E-state index contributed by atoms with van der Waals surface area (Å²) in [6, 6.07) is 12.1. The zero-order valence-electron chi connectivity index (χ0n) is 13.2. The van der Waals surface area contributed by atoms with Gasteiger partial charge in [-0.3, -0.25) is 9.59 Å². The number of methoxy groups -OCH3 is 1. The zero-order chi connectivity index (χ0) is 17.5. The molecule has 7 heteroatoms. The number of benzene rings is 2. The summed E-state index contributed by atoms with van der Waals surface area (Å²) in [5, 5.41) is 6.70. The van der Waals surface area contributed by atoms with Crippen molar-refractivity contribution in [3.05, 3.63) is 58.6 Å². The molecule has 0 fully saturated rings. The monoisotopic (exact) mass is 345 g/mol. The van der Waals surface area contributed by atoms with Crippen LogP contribution in [0, 0.1) is 6.92 Å². The van der Waals surface area contributed by atoms with Crippen molar-refractivity contribution in [2.45, 2.75) is 6.92 Å². The summed E-state index contributed by atoms with van der Waals surface area (Å²) in [4.78, 5) is 23.5. The number of carbonyl (C=O) groups excluding carboxylic acids is 2. The van der Waals surface area contributed by atoms with E-state index in [-0.39, 0.29) is 0 Å². The molecule has 0 unspecified atom stereocenters. The first-order valence-corrected chi connectivity index (χ1v) is 7.42. The Bertz CT molecular complexity index is 790. The number of hydrogen-bond donors (Lipinski definition) is 2. The number of nitrogens with one attached hydrogen (secondary N) is 2. The summed E-state index contributed by atoms with van der Waals surface area (Å²) in [6.07, 6.45) is 1.41. The molecule has 2 amide bonds. The van der Waals surface area contributed by atoms with Crippen molar-refractivity contribution in [1.29, 1.82) is 0 Å². The first-order chi connectivity index (χ1) is 11.5. The number of anilines is 1. The summed E-state index contributed by atoms with van der Waals surface area (Å²) >= 11 is 5.97. The van der Waals surface area contributed by atoms with Crippen LogP contribution in [0.2, 0.25) is 5.02 Å². The molecule has 24 heavy (non-hydrogen) atoms. The molecule has 0 saturated heterocycles. The Kier molecular flexibility index (Phi) is 5.92. The molecule has 2 aromatic rings. The Morgan fingerprint density at radius 3 is 2.67 bits per heavy atom. The molecule has 0 spiro atoms. The molecule has 0 radical (unpaired) electrons. The van der Waals surface area contributed by atoms with Crippen LogP contribution in [-0.2, 0) is 9.59 Å². The normalized spacial score (nSPS) is 10.5. The highest BCUT2D eigenvalue weighted by atomic mass is 35.5. The predicted octanol–water partition coefficient (Wildman–Crippen LogP) is 2.75. The number of hydrogen-bond acceptors (Lipinski definition) is 4.